The second-order valence-corrected chi connectivity index (χ2v) is 10.8. The van der Waals surface area contributed by atoms with E-state index < -0.39 is 31.0 Å². The van der Waals surface area contributed by atoms with Crippen molar-refractivity contribution in [2.45, 2.75) is 70.9 Å². The molecular weight excluding hydrogens is 505 g/mol. The smallest absolute Gasteiger partial charge is 0.455 e. The molecule has 3 N–H and O–H groups in total. The SMILES string of the molecule is COCC1=C2[C@@H](CC/C(C)=C/c3ccc(CO)o3)OB(O)C[C@@H]2[C@@H]2C(=O)N(CCCCCC(=O)O)C(=O)[C@@H]2C1. The van der Waals surface area contributed by atoms with Gasteiger partial charge in [-0.25, -0.2) is 0 Å². The number of aliphatic hydroxyl groups is 1. The van der Waals surface area contributed by atoms with Crippen molar-refractivity contribution in [2.24, 2.45) is 17.8 Å². The number of carbonyl (C=O) groups is 3. The van der Waals surface area contributed by atoms with Gasteiger partial charge < -0.3 is 29.0 Å². The minimum atomic E-state index is -1.04. The maximum absolute atomic E-state index is 13.5. The molecule has 2 fully saturated rings. The second kappa shape index (κ2) is 13.1. The summed E-state index contributed by atoms with van der Waals surface area (Å²) < 4.78 is 17.1. The first-order valence-corrected chi connectivity index (χ1v) is 13.7. The van der Waals surface area contributed by atoms with Crippen LogP contribution in [0.15, 0.2) is 33.3 Å². The Morgan fingerprint density at radius 2 is 1.97 bits per heavy atom. The van der Waals surface area contributed by atoms with Gasteiger partial charge in [-0.05, 0) is 80.6 Å². The van der Waals surface area contributed by atoms with Crippen LogP contribution in [-0.4, -0.2) is 71.4 Å². The largest absolute Gasteiger partial charge is 0.481 e. The molecule has 0 bridgehead atoms. The Kier molecular flexibility index (Phi) is 9.82. The van der Waals surface area contributed by atoms with Crippen LogP contribution in [-0.2, 0) is 30.4 Å². The van der Waals surface area contributed by atoms with Crippen LogP contribution in [0, 0.1) is 17.8 Å². The van der Waals surface area contributed by atoms with E-state index in [1.807, 2.05) is 13.0 Å². The predicted molar refractivity (Wildman–Crippen MR) is 142 cm³/mol. The fourth-order valence-corrected chi connectivity index (χ4v) is 6.31. The molecular formula is C28H38BNO9. The number of likely N-dealkylation sites (tertiary alicyclic amines) is 1. The highest BCUT2D eigenvalue weighted by atomic mass is 16.5. The minimum Gasteiger partial charge on any atom is -0.481 e. The van der Waals surface area contributed by atoms with E-state index in [-0.39, 0.29) is 43.6 Å². The Hall–Kier alpha value is -2.73. The first-order valence-electron chi connectivity index (χ1n) is 13.7. The molecule has 0 spiro atoms. The number of imide groups is 1. The topological polar surface area (TPSA) is 147 Å². The average molecular weight is 543 g/mol. The van der Waals surface area contributed by atoms with Gasteiger partial charge in [0.2, 0.25) is 11.8 Å². The molecule has 212 valence electrons. The number of hydrogen-bond acceptors (Lipinski definition) is 8. The third kappa shape index (κ3) is 6.71. The summed E-state index contributed by atoms with van der Waals surface area (Å²) >= 11 is 0. The standard InChI is InChI=1S/C28H38BNO9/c1-17(12-19-8-9-20(15-31)38-19)7-10-23-25-18(16-37-2)13-21-26(22(25)14-29(36)39-23)28(35)30(27(21)34)11-5-3-4-6-24(32)33/h8-9,12,21-23,26,31,36H,3-7,10-11,13-16H2,1-2H3,(H,32,33)/b17-12+/t21-,22+,23-,26-/m1/s1. The third-order valence-corrected chi connectivity index (χ3v) is 8.02. The molecule has 2 amide bonds. The lowest BCUT2D eigenvalue weighted by molar-refractivity contribution is -0.141. The Morgan fingerprint density at radius 3 is 2.67 bits per heavy atom. The van der Waals surface area contributed by atoms with Gasteiger partial charge in [-0.2, -0.15) is 0 Å². The van der Waals surface area contributed by atoms with Crippen LogP contribution in [0.1, 0.15) is 63.4 Å². The number of ether oxygens (including phenoxy) is 1. The van der Waals surface area contributed by atoms with Gasteiger partial charge >= 0.3 is 13.1 Å². The lowest BCUT2D eigenvalue weighted by Gasteiger charge is -2.43. The summed E-state index contributed by atoms with van der Waals surface area (Å²) in [6.07, 6.45) is 5.18. The van der Waals surface area contributed by atoms with Crippen molar-refractivity contribution in [3.05, 3.63) is 40.4 Å². The summed E-state index contributed by atoms with van der Waals surface area (Å²) in [5, 5.41) is 28.7. The number of carbonyl (C=O) groups excluding carboxylic acids is 2. The number of aliphatic hydroxyl groups excluding tert-OH is 1. The molecule has 0 unspecified atom stereocenters. The zero-order valence-electron chi connectivity index (χ0n) is 22.6. The van der Waals surface area contributed by atoms with Crippen LogP contribution in [0.5, 0.6) is 0 Å². The summed E-state index contributed by atoms with van der Waals surface area (Å²) in [4.78, 5) is 39.0. The van der Waals surface area contributed by atoms with E-state index in [0.717, 1.165) is 16.7 Å². The lowest BCUT2D eigenvalue weighted by Crippen LogP contribution is -2.46. The van der Waals surface area contributed by atoms with Crippen LogP contribution >= 0.6 is 0 Å². The van der Waals surface area contributed by atoms with Gasteiger partial charge in [0.05, 0.1) is 24.5 Å². The fraction of sp³-hybridized carbons (Fsp3) is 0.607. The molecule has 1 aliphatic carbocycles. The van der Waals surface area contributed by atoms with E-state index in [2.05, 4.69) is 0 Å². The van der Waals surface area contributed by atoms with Gasteiger partial charge in [-0.15, -0.1) is 0 Å². The first kappa shape index (κ1) is 29.3. The number of fused-ring (bicyclic) bond motifs is 3. The maximum Gasteiger partial charge on any atom is 0.455 e. The van der Waals surface area contributed by atoms with Crippen molar-refractivity contribution in [3.8, 4) is 0 Å². The number of furan rings is 1. The van der Waals surface area contributed by atoms with Crippen molar-refractivity contribution >= 4 is 31.0 Å². The van der Waals surface area contributed by atoms with Gasteiger partial charge in [0.15, 0.2) is 0 Å². The van der Waals surface area contributed by atoms with Crippen molar-refractivity contribution < 1.29 is 43.4 Å². The number of carboxylic acid groups (broad SMARTS) is 1. The number of hydrogen-bond donors (Lipinski definition) is 3. The molecule has 4 rings (SSSR count). The Balaban J connectivity index is 1.49. The molecule has 11 heteroatoms. The van der Waals surface area contributed by atoms with Crippen molar-refractivity contribution in [1.29, 1.82) is 0 Å². The quantitative estimate of drug-likeness (QED) is 0.148. The van der Waals surface area contributed by atoms with E-state index in [0.29, 0.717) is 56.7 Å². The van der Waals surface area contributed by atoms with Gasteiger partial charge in [0.25, 0.3) is 0 Å². The molecule has 4 atom stereocenters. The van der Waals surface area contributed by atoms with E-state index in [1.54, 1.807) is 19.2 Å². The summed E-state index contributed by atoms with van der Waals surface area (Å²) in [7, 11) is 0.560. The van der Waals surface area contributed by atoms with Gasteiger partial charge in [0.1, 0.15) is 18.1 Å². The molecule has 2 saturated heterocycles. The summed E-state index contributed by atoms with van der Waals surface area (Å²) in [5.41, 5.74) is 2.98. The van der Waals surface area contributed by atoms with Gasteiger partial charge in [0, 0.05) is 20.1 Å². The fourth-order valence-electron chi connectivity index (χ4n) is 6.31. The number of unbranched alkanes of at least 4 members (excludes halogenated alkanes) is 2. The first-order chi connectivity index (χ1) is 18.7. The number of rotatable bonds is 13. The van der Waals surface area contributed by atoms with E-state index in [9.17, 15) is 24.5 Å². The molecule has 3 aliphatic rings. The normalized spacial score (nSPS) is 25.4. The Morgan fingerprint density at radius 1 is 1.18 bits per heavy atom. The molecule has 1 aromatic heterocycles. The Labute approximate surface area is 228 Å². The number of carboxylic acids is 1. The van der Waals surface area contributed by atoms with Crippen LogP contribution in [0.4, 0.5) is 0 Å². The minimum absolute atomic E-state index is 0.0715. The summed E-state index contributed by atoms with van der Waals surface area (Å²) in [6, 6.07) is 3.52. The van der Waals surface area contributed by atoms with E-state index >= 15 is 0 Å². The highest BCUT2D eigenvalue weighted by molar-refractivity contribution is 6.43. The highest BCUT2D eigenvalue weighted by Gasteiger charge is 2.57. The lowest BCUT2D eigenvalue weighted by atomic mass is 9.58. The van der Waals surface area contributed by atoms with E-state index in [4.69, 9.17) is 18.9 Å². The molecule has 0 saturated carbocycles. The predicted octanol–water partition coefficient (Wildman–Crippen LogP) is 3.04. The number of nitrogens with zero attached hydrogens (tertiary/aromatic N) is 1. The highest BCUT2D eigenvalue weighted by Crippen LogP contribution is 2.50. The number of methoxy groups -OCH3 is 1. The van der Waals surface area contributed by atoms with E-state index in [1.165, 1.54) is 4.90 Å². The molecule has 3 heterocycles. The average Bonchev–Trinajstić information content (AvgIpc) is 3.44. The molecule has 39 heavy (non-hydrogen) atoms. The molecule has 2 aliphatic heterocycles. The number of allylic oxidation sites excluding steroid dienone is 1. The van der Waals surface area contributed by atoms with Crippen molar-refractivity contribution in [3.63, 3.8) is 0 Å². The zero-order chi connectivity index (χ0) is 28.1. The van der Waals surface area contributed by atoms with Crippen LogP contribution in [0.25, 0.3) is 6.08 Å². The van der Waals surface area contributed by atoms with Gasteiger partial charge in [-0.1, -0.05) is 12.0 Å². The molecule has 1 aromatic rings. The number of amides is 2. The Bertz CT molecular complexity index is 1130. The zero-order valence-corrected chi connectivity index (χ0v) is 22.6. The molecule has 10 nitrogen and oxygen atoms in total. The number of aliphatic carboxylic acids is 1. The van der Waals surface area contributed by atoms with Crippen molar-refractivity contribution in [1.82, 2.24) is 4.90 Å². The molecule has 0 radical (unpaired) electrons. The van der Waals surface area contributed by atoms with Crippen LogP contribution in [0.2, 0.25) is 6.32 Å². The van der Waals surface area contributed by atoms with Gasteiger partial charge in [-0.3, -0.25) is 19.3 Å². The van der Waals surface area contributed by atoms with Crippen LogP contribution in [0.3, 0.4) is 0 Å². The second-order valence-electron chi connectivity index (χ2n) is 10.8. The third-order valence-electron chi connectivity index (χ3n) is 8.02. The summed E-state index contributed by atoms with van der Waals surface area (Å²) in [5.74, 6) is -1.43. The molecule has 0 aromatic carbocycles. The summed E-state index contributed by atoms with van der Waals surface area (Å²) in [6.45, 7) is 2.42. The monoisotopic (exact) mass is 543 g/mol. The maximum atomic E-state index is 13.5. The van der Waals surface area contributed by atoms with Crippen LogP contribution < -0.4 is 0 Å². The van der Waals surface area contributed by atoms with Crippen molar-refractivity contribution in [2.75, 3.05) is 20.3 Å².